The molecule has 0 fully saturated rings. The zero-order valence-electron chi connectivity index (χ0n) is 13.2. The molecule has 1 amide bonds. The number of carbonyl (C=O) groups excluding carboxylic acids is 2. The van der Waals surface area contributed by atoms with Gasteiger partial charge in [-0.3, -0.25) is 9.59 Å². The van der Waals surface area contributed by atoms with Gasteiger partial charge in [0, 0.05) is 10.0 Å². The standard InChI is InChI=1S/C16H18Cl2N2O3/c1-9(21)13-14(11-5-4-10(17)8-12(11)18)20(7-6-19(2)3)16(23)15(13)22/h4-5,8,14,22H,6-7H2,1-3H3/p+1/t14-/m1/s1. The molecule has 5 nitrogen and oxygen atoms in total. The Hall–Kier alpha value is -1.56. The molecule has 2 N–H and O–H groups in total. The van der Waals surface area contributed by atoms with Gasteiger partial charge in [-0.2, -0.15) is 0 Å². The minimum atomic E-state index is -0.691. The summed E-state index contributed by atoms with van der Waals surface area (Å²) >= 11 is 12.2. The van der Waals surface area contributed by atoms with E-state index in [4.69, 9.17) is 23.2 Å². The van der Waals surface area contributed by atoms with Crippen LogP contribution < -0.4 is 4.90 Å². The first-order valence-corrected chi connectivity index (χ1v) is 7.98. The second-order valence-electron chi connectivity index (χ2n) is 5.84. The minimum absolute atomic E-state index is 0.0768. The molecule has 0 unspecified atom stereocenters. The number of hydrogen-bond donors (Lipinski definition) is 2. The third-order valence-corrected chi connectivity index (χ3v) is 4.36. The normalized spacial score (nSPS) is 18.3. The van der Waals surface area contributed by atoms with Gasteiger partial charge in [-0.1, -0.05) is 29.3 Å². The number of amides is 1. The van der Waals surface area contributed by atoms with Crippen LogP contribution >= 0.6 is 23.2 Å². The molecule has 7 heteroatoms. The van der Waals surface area contributed by atoms with Gasteiger partial charge >= 0.3 is 0 Å². The molecule has 0 spiro atoms. The maximum atomic E-state index is 12.4. The summed E-state index contributed by atoms with van der Waals surface area (Å²) in [6.45, 7) is 2.40. The molecule has 0 aliphatic carbocycles. The Morgan fingerprint density at radius 1 is 1.35 bits per heavy atom. The Bertz CT molecular complexity index is 686. The summed E-state index contributed by atoms with van der Waals surface area (Å²) in [7, 11) is 3.92. The number of nitrogens with one attached hydrogen (secondary N) is 1. The number of likely N-dealkylation sites (N-methyl/N-ethyl adjacent to an activating group) is 1. The van der Waals surface area contributed by atoms with Crippen molar-refractivity contribution in [3.8, 4) is 0 Å². The zero-order chi connectivity index (χ0) is 17.3. The third-order valence-electron chi connectivity index (χ3n) is 3.79. The first kappa shape index (κ1) is 17.8. The number of rotatable bonds is 5. The van der Waals surface area contributed by atoms with Crippen molar-refractivity contribution in [1.82, 2.24) is 4.90 Å². The lowest BCUT2D eigenvalue weighted by molar-refractivity contribution is -0.857. The molecule has 1 aromatic carbocycles. The molecule has 0 aromatic heterocycles. The van der Waals surface area contributed by atoms with E-state index < -0.39 is 17.7 Å². The number of aliphatic hydroxyl groups excluding tert-OH is 1. The van der Waals surface area contributed by atoms with E-state index in [1.807, 2.05) is 14.1 Å². The summed E-state index contributed by atoms with van der Waals surface area (Å²) in [4.78, 5) is 27.0. The number of hydrogen-bond acceptors (Lipinski definition) is 3. The highest BCUT2D eigenvalue weighted by Crippen LogP contribution is 2.40. The van der Waals surface area contributed by atoms with Crippen LogP contribution in [0.15, 0.2) is 29.5 Å². The molecule has 0 saturated carbocycles. The molecule has 0 bridgehead atoms. The van der Waals surface area contributed by atoms with Crippen molar-refractivity contribution in [3.63, 3.8) is 0 Å². The Kier molecular flexibility index (Phi) is 5.34. The number of nitrogens with zero attached hydrogens (tertiary/aromatic N) is 1. The Morgan fingerprint density at radius 3 is 2.52 bits per heavy atom. The van der Waals surface area contributed by atoms with Crippen molar-refractivity contribution in [2.24, 2.45) is 0 Å². The van der Waals surface area contributed by atoms with Gasteiger partial charge in [-0.15, -0.1) is 0 Å². The van der Waals surface area contributed by atoms with Crippen molar-refractivity contribution >= 4 is 34.9 Å². The quantitative estimate of drug-likeness (QED) is 0.837. The number of aliphatic hydroxyl groups is 1. The molecule has 1 heterocycles. The van der Waals surface area contributed by atoms with Crippen molar-refractivity contribution < 1.29 is 19.6 Å². The van der Waals surface area contributed by atoms with Gasteiger partial charge in [0.25, 0.3) is 5.91 Å². The monoisotopic (exact) mass is 357 g/mol. The van der Waals surface area contributed by atoms with Crippen LogP contribution in [0.1, 0.15) is 18.5 Å². The molecular weight excluding hydrogens is 339 g/mol. The fourth-order valence-electron chi connectivity index (χ4n) is 2.63. The van der Waals surface area contributed by atoms with E-state index in [-0.39, 0.29) is 11.4 Å². The Balaban J connectivity index is 2.51. The maximum absolute atomic E-state index is 12.4. The van der Waals surface area contributed by atoms with Crippen molar-refractivity contribution in [3.05, 3.63) is 45.1 Å². The zero-order valence-corrected chi connectivity index (χ0v) is 14.7. The predicted molar refractivity (Wildman–Crippen MR) is 88.9 cm³/mol. The third kappa shape index (κ3) is 3.52. The summed E-state index contributed by atoms with van der Waals surface area (Å²) in [6, 6.07) is 4.20. The SMILES string of the molecule is CC(=O)C1=C(O)C(=O)N(CC[NH+](C)C)[C@@H]1c1ccc(Cl)cc1Cl. The average molecular weight is 358 g/mol. The smallest absolute Gasteiger partial charge is 0.290 e. The van der Waals surface area contributed by atoms with Crippen LogP contribution in [0.3, 0.4) is 0 Å². The van der Waals surface area contributed by atoms with Gasteiger partial charge in [-0.05, 0) is 24.6 Å². The van der Waals surface area contributed by atoms with Crippen molar-refractivity contribution in [2.45, 2.75) is 13.0 Å². The van der Waals surface area contributed by atoms with Gasteiger partial charge in [0.2, 0.25) is 0 Å². The second kappa shape index (κ2) is 6.91. The van der Waals surface area contributed by atoms with Crippen molar-refractivity contribution in [1.29, 1.82) is 0 Å². The van der Waals surface area contributed by atoms with Crippen LogP contribution in [0, 0.1) is 0 Å². The fraction of sp³-hybridized carbons (Fsp3) is 0.375. The van der Waals surface area contributed by atoms with Gasteiger partial charge < -0.3 is 14.9 Å². The Labute approximate surface area is 145 Å². The molecule has 1 atom stereocenters. The number of quaternary nitrogens is 1. The number of ketones is 1. The highest BCUT2D eigenvalue weighted by atomic mass is 35.5. The van der Waals surface area contributed by atoms with Crippen LogP contribution in [0.25, 0.3) is 0 Å². The highest BCUT2D eigenvalue weighted by Gasteiger charge is 2.43. The van der Waals surface area contributed by atoms with Crippen LogP contribution in [0.2, 0.25) is 10.0 Å². The molecular formula is C16H19Cl2N2O3+. The molecule has 23 heavy (non-hydrogen) atoms. The number of Topliss-reactive ketones (excluding diaryl/α,β-unsaturated/α-hetero) is 1. The van der Waals surface area contributed by atoms with Gasteiger partial charge in [0.15, 0.2) is 11.5 Å². The number of halogens is 2. The van der Waals surface area contributed by atoms with Crippen LogP contribution in [-0.4, -0.2) is 48.9 Å². The lowest BCUT2D eigenvalue weighted by Crippen LogP contribution is -3.06. The molecule has 1 aliphatic rings. The first-order chi connectivity index (χ1) is 10.7. The molecule has 1 aliphatic heterocycles. The Morgan fingerprint density at radius 2 is 2.00 bits per heavy atom. The van der Waals surface area contributed by atoms with E-state index in [2.05, 4.69) is 0 Å². The largest absolute Gasteiger partial charge is 0.503 e. The summed E-state index contributed by atoms with van der Waals surface area (Å²) < 4.78 is 0. The van der Waals surface area contributed by atoms with Gasteiger partial charge in [0.05, 0.1) is 38.8 Å². The van der Waals surface area contributed by atoms with E-state index in [1.165, 1.54) is 11.8 Å². The first-order valence-electron chi connectivity index (χ1n) is 7.23. The second-order valence-corrected chi connectivity index (χ2v) is 6.69. The number of benzene rings is 1. The predicted octanol–water partition coefficient (Wildman–Crippen LogP) is 1.42. The van der Waals surface area contributed by atoms with Gasteiger partial charge in [-0.25, -0.2) is 0 Å². The van der Waals surface area contributed by atoms with Crippen molar-refractivity contribution in [2.75, 3.05) is 27.2 Å². The molecule has 1 aromatic rings. The van der Waals surface area contributed by atoms with E-state index in [0.29, 0.717) is 28.7 Å². The molecule has 0 radical (unpaired) electrons. The van der Waals surface area contributed by atoms with Crippen LogP contribution in [0.5, 0.6) is 0 Å². The summed E-state index contributed by atoms with van der Waals surface area (Å²) in [5.74, 6) is -1.40. The van der Waals surface area contributed by atoms with E-state index in [1.54, 1.807) is 18.2 Å². The molecule has 124 valence electrons. The van der Waals surface area contributed by atoms with E-state index >= 15 is 0 Å². The highest BCUT2D eigenvalue weighted by molar-refractivity contribution is 6.35. The van der Waals surface area contributed by atoms with Crippen LogP contribution in [0.4, 0.5) is 0 Å². The molecule has 0 saturated heterocycles. The van der Waals surface area contributed by atoms with Gasteiger partial charge in [0.1, 0.15) is 0 Å². The van der Waals surface area contributed by atoms with E-state index in [0.717, 1.165) is 4.90 Å². The van der Waals surface area contributed by atoms with E-state index in [9.17, 15) is 14.7 Å². The lowest BCUT2D eigenvalue weighted by Gasteiger charge is -2.27. The summed E-state index contributed by atoms with van der Waals surface area (Å²) in [5, 5.41) is 10.9. The number of carbonyl (C=O) groups is 2. The summed E-state index contributed by atoms with van der Waals surface area (Å²) in [6.07, 6.45) is 0. The topological polar surface area (TPSA) is 62.0 Å². The van der Waals surface area contributed by atoms with Crippen LogP contribution in [-0.2, 0) is 9.59 Å². The maximum Gasteiger partial charge on any atom is 0.290 e. The lowest BCUT2D eigenvalue weighted by atomic mass is 9.96. The fourth-order valence-corrected chi connectivity index (χ4v) is 3.15. The minimum Gasteiger partial charge on any atom is -0.503 e. The summed E-state index contributed by atoms with van der Waals surface area (Å²) in [5.41, 5.74) is 0.653. The molecule has 2 rings (SSSR count). The average Bonchev–Trinajstić information content (AvgIpc) is 2.69.